The van der Waals surface area contributed by atoms with Crippen LogP contribution in [0.4, 0.5) is 0 Å². The van der Waals surface area contributed by atoms with Gasteiger partial charge in [0.2, 0.25) is 0 Å². The predicted octanol–water partition coefficient (Wildman–Crippen LogP) is 8.26. The van der Waals surface area contributed by atoms with E-state index in [4.69, 9.17) is 9.47 Å². The van der Waals surface area contributed by atoms with Gasteiger partial charge in [-0.1, -0.05) is 18.2 Å². The molecule has 39 heavy (non-hydrogen) atoms. The van der Waals surface area contributed by atoms with Crippen molar-refractivity contribution in [1.29, 1.82) is 0 Å². The first-order valence-electron chi connectivity index (χ1n) is 13.5. The Morgan fingerprint density at radius 2 is 0.795 bits per heavy atom. The molecule has 0 saturated carbocycles. The number of para-hydroxylation sites is 1. The second-order valence-corrected chi connectivity index (χ2v) is 18.6. The molecule has 0 aliphatic carbocycles. The molecule has 5 rings (SSSR count). The van der Waals surface area contributed by atoms with Crippen molar-refractivity contribution in [3.8, 4) is 11.5 Å². The number of ether oxygens (including phenoxy) is 2. The Labute approximate surface area is 240 Å². The molecule has 0 heterocycles. The molecule has 0 unspecified atom stereocenters. The summed E-state index contributed by atoms with van der Waals surface area (Å²) in [6.45, 7) is 1.37. The molecule has 0 aliphatic heterocycles. The SMILES string of the molecule is BrP(Cc1ccc(OCCCCOc2ccccc2)cc1)(c1ccccc1)(c1ccccc1)c1ccccc1. The van der Waals surface area contributed by atoms with Crippen LogP contribution in [0, 0.1) is 0 Å². The van der Waals surface area contributed by atoms with E-state index in [-0.39, 0.29) is 0 Å². The van der Waals surface area contributed by atoms with Gasteiger partial charge in [0.15, 0.2) is 0 Å². The number of unbranched alkanes of at least 4 members (excludes halogenated alkanes) is 1. The first-order valence-corrected chi connectivity index (χ1v) is 17.9. The van der Waals surface area contributed by atoms with Crippen molar-refractivity contribution in [1.82, 2.24) is 0 Å². The Kier molecular flexibility index (Phi) is 8.81. The van der Waals surface area contributed by atoms with Gasteiger partial charge in [0.05, 0.1) is 0 Å². The Bertz CT molecular complexity index is 1330. The molecule has 0 bridgehead atoms. The van der Waals surface area contributed by atoms with E-state index in [0.29, 0.717) is 13.2 Å². The van der Waals surface area contributed by atoms with Crippen molar-refractivity contribution in [2.24, 2.45) is 0 Å². The standard InChI is InChI=1S/C35H34BrO2P/c36-39(33-17-7-2-8-18-33,34-19-9-3-10-20-34,35-21-11-4-12-22-35)29-30-23-25-32(26-24-30)38-28-14-13-27-37-31-15-5-1-6-16-31/h1-12,15-26H,13-14,27-29H2. The number of benzene rings is 5. The fourth-order valence-corrected chi connectivity index (χ4v) is 12.8. The van der Waals surface area contributed by atoms with Gasteiger partial charge in [-0.15, -0.1) is 0 Å². The van der Waals surface area contributed by atoms with Crippen LogP contribution in [0.2, 0.25) is 0 Å². The monoisotopic (exact) mass is 596 g/mol. The second-order valence-electron chi connectivity index (χ2n) is 9.71. The van der Waals surface area contributed by atoms with Crippen LogP contribution in [0.3, 0.4) is 0 Å². The third-order valence-corrected chi connectivity index (χ3v) is 16.6. The van der Waals surface area contributed by atoms with E-state index in [0.717, 1.165) is 30.5 Å². The molecule has 0 saturated heterocycles. The van der Waals surface area contributed by atoms with Crippen molar-refractivity contribution in [3.63, 3.8) is 0 Å². The molecule has 0 spiro atoms. The molecule has 0 radical (unpaired) electrons. The van der Waals surface area contributed by atoms with E-state index < -0.39 is 5.31 Å². The molecule has 2 nitrogen and oxygen atoms in total. The van der Waals surface area contributed by atoms with Crippen LogP contribution in [0.25, 0.3) is 0 Å². The normalized spacial score (nSPS) is 12.3. The van der Waals surface area contributed by atoms with Gasteiger partial charge in [0, 0.05) is 0 Å². The van der Waals surface area contributed by atoms with Gasteiger partial charge in [-0.3, -0.25) is 0 Å². The zero-order valence-corrected chi connectivity index (χ0v) is 24.5. The van der Waals surface area contributed by atoms with Crippen molar-refractivity contribution >= 4 is 36.7 Å². The van der Waals surface area contributed by atoms with Crippen LogP contribution >= 0.6 is 20.8 Å². The summed E-state index contributed by atoms with van der Waals surface area (Å²) in [6, 6.07) is 51.3. The van der Waals surface area contributed by atoms with Crippen LogP contribution in [0.1, 0.15) is 18.4 Å². The average molecular weight is 598 g/mol. The summed E-state index contributed by atoms with van der Waals surface area (Å²) in [4.78, 5) is 0. The molecule has 5 aromatic carbocycles. The van der Waals surface area contributed by atoms with Gasteiger partial charge < -0.3 is 0 Å². The van der Waals surface area contributed by atoms with Gasteiger partial charge in [-0.2, -0.15) is 0 Å². The zero-order chi connectivity index (χ0) is 26.8. The van der Waals surface area contributed by atoms with E-state index in [2.05, 4.69) is 131 Å². The second kappa shape index (κ2) is 12.6. The van der Waals surface area contributed by atoms with Crippen molar-refractivity contribution in [2.45, 2.75) is 19.0 Å². The van der Waals surface area contributed by atoms with E-state index in [1.165, 1.54) is 21.5 Å². The van der Waals surface area contributed by atoms with Crippen LogP contribution in [0.15, 0.2) is 146 Å². The molecular formula is C35H34BrO2P. The molecule has 0 N–H and O–H groups in total. The number of rotatable bonds is 12. The van der Waals surface area contributed by atoms with Gasteiger partial charge in [0.25, 0.3) is 0 Å². The maximum absolute atomic E-state index is 6.07. The van der Waals surface area contributed by atoms with Crippen LogP contribution < -0.4 is 25.4 Å². The summed E-state index contributed by atoms with van der Waals surface area (Å²) in [5.74, 6) is 1.82. The summed E-state index contributed by atoms with van der Waals surface area (Å²) in [5.41, 5.74) is 1.27. The summed E-state index contributed by atoms with van der Waals surface area (Å²) >= 11 is 4.54. The van der Waals surface area contributed by atoms with Gasteiger partial charge in [-0.05, 0) is 12.1 Å². The third-order valence-electron chi connectivity index (χ3n) is 7.11. The summed E-state index contributed by atoms with van der Waals surface area (Å²) in [7, 11) is 0. The van der Waals surface area contributed by atoms with Gasteiger partial charge in [-0.25, -0.2) is 0 Å². The third kappa shape index (κ3) is 6.11. The Morgan fingerprint density at radius 1 is 0.436 bits per heavy atom. The fourth-order valence-electron chi connectivity index (χ4n) is 5.07. The molecule has 0 fully saturated rings. The minimum absolute atomic E-state index is 0.674. The fraction of sp³-hybridized carbons (Fsp3) is 0.143. The Morgan fingerprint density at radius 3 is 1.21 bits per heavy atom. The van der Waals surface area contributed by atoms with Gasteiger partial charge in [0.1, 0.15) is 0 Å². The van der Waals surface area contributed by atoms with Crippen LogP contribution in [-0.4, -0.2) is 13.2 Å². The number of hydrogen-bond donors (Lipinski definition) is 0. The number of hydrogen-bond acceptors (Lipinski definition) is 2. The Balaban J connectivity index is 1.34. The van der Waals surface area contributed by atoms with Gasteiger partial charge >= 0.3 is 211 Å². The predicted molar refractivity (Wildman–Crippen MR) is 171 cm³/mol. The maximum atomic E-state index is 6.07. The quantitative estimate of drug-likeness (QED) is 0.107. The van der Waals surface area contributed by atoms with Crippen molar-refractivity contribution in [2.75, 3.05) is 13.2 Å². The van der Waals surface area contributed by atoms with Crippen molar-refractivity contribution in [3.05, 3.63) is 151 Å². The summed E-state index contributed by atoms with van der Waals surface area (Å²) < 4.78 is 11.8. The van der Waals surface area contributed by atoms with Crippen LogP contribution in [-0.2, 0) is 6.16 Å². The topological polar surface area (TPSA) is 18.5 Å². The van der Waals surface area contributed by atoms with E-state index in [1.807, 2.05) is 30.3 Å². The first kappa shape index (κ1) is 27.2. The zero-order valence-electron chi connectivity index (χ0n) is 22.0. The first-order chi connectivity index (χ1) is 19.2. The molecule has 0 atom stereocenters. The van der Waals surface area contributed by atoms with Crippen LogP contribution in [0.5, 0.6) is 11.5 Å². The van der Waals surface area contributed by atoms with E-state index in [1.54, 1.807) is 0 Å². The van der Waals surface area contributed by atoms with Crippen molar-refractivity contribution < 1.29 is 9.47 Å². The molecular weight excluding hydrogens is 563 g/mol. The molecule has 4 heteroatoms. The molecule has 0 amide bonds. The summed E-state index contributed by atoms with van der Waals surface area (Å²) in [6.07, 6.45) is 2.76. The van der Waals surface area contributed by atoms with E-state index >= 15 is 0 Å². The molecule has 198 valence electrons. The Hall–Kier alpha value is -3.39. The average Bonchev–Trinajstić information content (AvgIpc) is 3.01. The number of halogens is 1. The molecule has 0 aromatic heterocycles. The summed E-state index contributed by atoms with van der Waals surface area (Å²) in [5, 5.41) is 0.943. The molecule has 5 aromatic rings. The minimum atomic E-state index is -3.01. The van der Waals surface area contributed by atoms with E-state index in [9.17, 15) is 0 Å². The molecule has 0 aliphatic rings.